The first kappa shape index (κ1) is 16.4. The number of hydrogen-bond acceptors (Lipinski definition) is 4. The van der Waals surface area contributed by atoms with E-state index in [0.717, 1.165) is 12.1 Å². The molecule has 7 heteroatoms. The summed E-state index contributed by atoms with van der Waals surface area (Å²) >= 11 is 0. The molecular weight excluding hydrogens is 273 g/mol. The molecule has 0 bridgehead atoms. The molecule has 0 aliphatic carbocycles. The molecular formula is C13H19F3N2O2. The number of anilines is 2. The van der Waals surface area contributed by atoms with Crippen molar-refractivity contribution in [3.8, 4) is 5.75 Å². The number of nitrogens with one attached hydrogen (secondary N) is 1. The number of halogens is 3. The number of aliphatic hydroxyl groups excluding tert-OH is 1. The zero-order valence-corrected chi connectivity index (χ0v) is 11.4. The summed E-state index contributed by atoms with van der Waals surface area (Å²) in [5.74, 6) is -1.23. The molecule has 20 heavy (non-hydrogen) atoms. The largest absolute Gasteiger partial charge is 0.432 e. The van der Waals surface area contributed by atoms with Crippen molar-refractivity contribution in [1.82, 2.24) is 0 Å². The van der Waals surface area contributed by atoms with Gasteiger partial charge in [-0.1, -0.05) is 13.8 Å². The van der Waals surface area contributed by atoms with E-state index in [4.69, 9.17) is 5.73 Å². The number of aliphatic hydroxyl groups is 1. The van der Waals surface area contributed by atoms with E-state index >= 15 is 0 Å². The van der Waals surface area contributed by atoms with Crippen LogP contribution in [-0.2, 0) is 0 Å². The Balaban J connectivity index is 2.93. The van der Waals surface area contributed by atoms with Gasteiger partial charge in [-0.15, -0.1) is 0 Å². The number of alkyl halides is 2. The van der Waals surface area contributed by atoms with Crippen LogP contribution < -0.4 is 15.8 Å². The van der Waals surface area contributed by atoms with E-state index in [2.05, 4.69) is 10.1 Å². The van der Waals surface area contributed by atoms with Crippen LogP contribution in [0.1, 0.15) is 20.3 Å². The summed E-state index contributed by atoms with van der Waals surface area (Å²) in [6.45, 7) is 0.679. The Bertz CT molecular complexity index is 442. The van der Waals surface area contributed by atoms with Crippen LogP contribution in [0.3, 0.4) is 0 Å². The maximum Gasteiger partial charge on any atom is 0.387 e. The summed E-state index contributed by atoms with van der Waals surface area (Å²) < 4.78 is 41.8. The maximum absolute atomic E-state index is 13.4. The Kier molecular flexibility index (Phi) is 5.94. The van der Waals surface area contributed by atoms with Crippen LogP contribution in [0.2, 0.25) is 0 Å². The average Bonchev–Trinajstić information content (AvgIpc) is 2.32. The molecule has 0 radical (unpaired) electrons. The Morgan fingerprint density at radius 2 is 2.00 bits per heavy atom. The van der Waals surface area contributed by atoms with Gasteiger partial charge in [0.05, 0.1) is 18.0 Å². The van der Waals surface area contributed by atoms with Crippen LogP contribution in [0, 0.1) is 11.7 Å². The second-order valence-electron chi connectivity index (χ2n) is 4.90. The minimum Gasteiger partial charge on any atom is -0.432 e. The standard InChI is InChI=1S/C13H19F3N2O2/c1-7(2)3-8(6-19)18-11-5-12(20-13(15)16)9(14)4-10(11)17/h4-5,7-8,13,18-19H,3,6,17H2,1-2H3. The topological polar surface area (TPSA) is 67.5 Å². The van der Waals surface area contributed by atoms with Crippen LogP contribution in [0.15, 0.2) is 12.1 Å². The molecule has 1 atom stereocenters. The van der Waals surface area contributed by atoms with Crippen molar-refractivity contribution in [2.45, 2.75) is 32.9 Å². The molecule has 1 unspecified atom stereocenters. The lowest BCUT2D eigenvalue weighted by Crippen LogP contribution is -2.26. The van der Waals surface area contributed by atoms with Gasteiger partial charge in [-0.3, -0.25) is 0 Å². The smallest absolute Gasteiger partial charge is 0.387 e. The number of hydrogen-bond donors (Lipinski definition) is 3. The van der Waals surface area contributed by atoms with Gasteiger partial charge < -0.3 is 20.9 Å². The van der Waals surface area contributed by atoms with Gasteiger partial charge >= 0.3 is 6.61 Å². The van der Waals surface area contributed by atoms with Gasteiger partial charge in [-0.05, 0) is 12.3 Å². The van der Waals surface area contributed by atoms with E-state index in [1.165, 1.54) is 0 Å². The molecule has 0 aromatic heterocycles. The van der Waals surface area contributed by atoms with E-state index in [1.54, 1.807) is 0 Å². The lowest BCUT2D eigenvalue weighted by atomic mass is 10.0. The third kappa shape index (κ3) is 4.80. The van der Waals surface area contributed by atoms with E-state index in [9.17, 15) is 18.3 Å². The molecule has 0 spiro atoms. The molecule has 1 aromatic rings. The van der Waals surface area contributed by atoms with Crippen molar-refractivity contribution in [3.05, 3.63) is 17.9 Å². The molecule has 0 amide bonds. The first-order chi connectivity index (χ1) is 9.33. The lowest BCUT2D eigenvalue weighted by molar-refractivity contribution is -0.0521. The highest BCUT2D eigenvalue weighted by atomic mass is 19.3. The van der Waals surface area contributed by atoms with Gasteiger partial charge in [-0.2, -0.15) is 8.78 Å². The van der Waals surface area contributed by atoms with Gasteiger partial charge in [0.25, 0.3) is 0 Å². The SMILES string of the molecule is CC(C)CC(CO)Nc1cc(OC(F)F)c(F)cc1N. The second-order valence-corrected chi connectivity index (χ2v) is 4.90. The molecule has 1 rings (SSSR count). The van der Waals surface area contributed by atoms with E-state index < -0.39 is 18.2 Å². The van der Waals surface area contributed by atoms with Crippen molar-refractivity contribution in [2.75, 3.05) is 17.7 Å². The molecule has 0 saturated carbocycles. The average molecular weight is 292 g/mol. The van der Waals surface area contributed by atoms with Crippen LogP contribution in [0.4, 0.5) is 24.5 Å². The summed E-state index contributed by atoms with van der Waals surface area (Å²) in [4.78, 5) is 0. The quantitative estimate of drug-likeness (QED) is 0.676. The van der Waals surface area contributed by atoms with E-state index in [1.807, 2.05) is 13.8 Å². The minimum absolute atomic E-state index is 0.0614. The highest BCUT2D eigenvalue weighted by Gasteiger charge is 2.16. The maximum atomic E-state index is 13.4. The number of ether oxygens (including phenoxy) is 1. The van der Waals surface area contributed by atoms with Crippen LogP contribution in [0.5, 0.6) is 5.75 Å². The predicted molar refractivity (Wildman–Crippen MR) is 71.4 cm³/mol. The van der Waals surface area contributed by atoms with Gasteiger partial charge in [-0.25, -0.2) is 4.39 Å². The zero-order chi connectivity index (χ0) is 15.3. The van der Waals surface area contributed by atoms with Crippen molar-refractivity contribution < 1.29 is 23.0 Å². The van der Waals surface area contributed by atoms with Gasteiger partial charge in [0, 0.05) is 18.2 Å². The van der Waals surface area contributed by atoms with Crippen molar-refractivity contribution in [3.63, 3.8) is 0 Å². The Morgan fingerprint density at radius 3 is 2.50 bits per heavy atom. The number of rotatable bonds is 7. The summed E-state index contributed by atoms with van der Waals surface area (Å²) in [6.07, 6.45) is 0.651. The number of benzene rings is 1. The Morgan fingerprint density at radius 1 is 1.35 bits per heavy atom. The number of nitrogens with two attached hydrogens (primary N) is 1. The Hall–Kier alpha value is -1.63. The second kappa shape index (κ2) is 7.23. The molecule has 114 valence electrons. The molecule has 0 saturated heterocycles. The molecule has 0 aliphatic heterocycles. The zero-order valence-electron chi connectivity index (χ0n) is 11.4. The fourth-order valence-corrected chi connectivity index (χ4v) is 1.85. The van der Waals surface area contributed by atoms with Crippen LogP contribution in [-0.4, -0.2) is 24.4 Å². The van der Waals surface area contributed by atoms with Crippen molar-refractivity contribution >= 4 is 11.4 Å². The first-order valence-electron chi connectivity index (χ1n) is 6.24. The minimum atomic E-state index is -3.12. The summed E-state index contributed by atoms with van der Waals surface area (Å²) in [5.41, 5.74) is 5.94. The Labute approximate surface area is 115 Å². The fraction of sp³-hybridized carbons (Fsp3) is 0.538. The fourth-order valence-electron chi connectivity index (χ4n) is 1.85. The monoisotopic (exact) mass is 292 g/mol. The van der Waals surface area contributed by atoms with E-state index in [-0.39, 0.29) is 24.0 Å². The normalized spacial score (nSPS) is 12.8. The highest BCUT2D eigenvalue weighted by molar-refractivity contribution is 5.69. The van der Waals surface area contributed by atoms with Crippen molar-refractivity contribution in [1.29, 1.82) is 0 Å². The van der Waals surface area contributed by atoms with Crippen LogP contribution >= 0.6 is 0 Å². The molecule has 0 fully saturated rings. The molecule has 4 nitrogen and oxygen atoms in total. The van der Waals surface area contributed by atoms with Gasteiger partial charge in [0.15, 0.2) is 11.6 Å². The lowest BCUT2D eigenvalue weighted by Gasteiger charge is -2.21. The van der Waals surface area contributed by atoms with E-state index in [0.29, 0.717) is 12.3 Å². The summed E-state index contributed by atoms with van der Waals surface area (Å²) in [5, 5.41) is 12.2. The van der Waals surface area contributed by atoms with Gasteiger partial charge in [0.1, 0.15) is 0 Å². The first-order valence-corrected chi connectivity index (χ1v) is 6.24. The summed E-state index contributed by atoms with van der Waals surface area (Å²) in [7, 11) is 0. The van der Waals surface area contributed by atoms with Crippen molar-refractivity contribution in [2.24, 2.45) is 5.92 Å². The third-order valence-electron chi connectivity index (χ3n) is 2.66. The summed E-state index contributed by atoms with van der Waals surface area (Å²) in [6, 6.07) is 1.67. The highest BCUT2D eigenvalue weighted by Crippen LogP contribution is 2.30. The third-order valence-corrected chi connectivity index (χ3v) is 2.66. The van der Waals surface area contributed by atoms with Gasteiger partial charge in [0.2, 0.25) is 0 Å². The molecule has 4 N–H and O–H groups in total. The molecule has 1 aromatic carbocycles. The molecule has 0 heterocycles. The molecule has 0 aliphatic rings. The predicted octanol–water partition coefficient (Wildman–Crippen LogP) is 2.83. The number of nitrogen functional groups attached to an aromatic ring is 1. The van der Waals surface area contributed by atoms with Crippen LogP contribution in [0.25, 0.3) is 0 Å².